The summed E-state index contributed by atoms with van der Waals surface area (Å²) in [5.41, 5.74) is 1.07. The molecular weight excluding hydrogens is 281 g/mol. The Hall–Kier alpha value is -1.37. The lowest BCUT2D eigenvalue weighted by atomic mass is 9.83. The third kappa shape index (κ3) is 3.64. The van der Waals surface area contributed by atoms with Crippen LogP contribution in [0, 0.1) is 0 Å². The SMILES string of the molecule is FC(F)(F)CN1CCN(c2cc(C3CCC3)ncn2)CC1. The van der Waals surface area contributed by atoms with E-state index in [0.29, 0.717) is 32.1 Å². The third-order valence-corrected chi connectivity index (χ3v) is 4.30. The molecule has 0 N–H and O–H groups in total. The van der Waals surface area contributed by atoms with E-state index in [0.717, 1.165) is 11.5 Å². The third-order valence-electron chi connectivity index (χ3n) is 4.30. The van der Waals surface area contributed by atoms with E-state index >= 15 is 0 Å². The average molecular weight is 300 g/mol. The molecule has 0 spiro atoms. The number of halogens is 3. The second kappa shape index (κ2) is 5.79. The molecule has 0 bridgehead atoms. The largest absolute Gasteiger partial charge is 0.401 e. The molecule has 2 fully saturated rings. The van der Waals surface area contributed by atoms with Gasteiger partial charge in [-0.25, -0.2) is 9.97 Å². The van der Waals surface area contributed by atoms with Crippen molar-refractivity contribution in [2.75, 3.05) is 37.6 Å². The summed E-state index contributed by atoms with van der Waals surface area (Å²) >= 11 is 0. The molecule has 1 saturated carbocycles. The van der Waals surface area contributed by atoms with Gasteiger partial charge in [-0.1, -0.05) is 6.42 Å². The highest BCUT2D eigenvalue weighted by Crippen LogP contribution is 2.35. The Bertz CT molecular complexity index is 479. The van der Waals surface area contributed by atoms with Gasteiger partial charge in [0.1, 0.15) is 12.1 Å². The molecule has 0 radical (unpaired) electrons. The number of hydrogen-bond donors (Lipinski definition) is 0. The van der Waals surface area contributed by atoms with Crippen LogP contribution in [0.15, 0.2) is 12.4 Å². The molecule has 1 aliphatic carbocycles. The summed E-state index contributed by atoms with van der Waals surface area (Å²) < 4.78 is 37.1. The number of hydrogen-bond acceptors (Lipinski definition) is 4. The minimum absolute atomic E-state index is 0.419. The van der Waals surface area contributed by atoms with Crippen molar-refractivity contribution < 1.29 is 13.2 Å². The molecule has 0 unspecified atom stereocenters. The van der Waals surface area contributed by atoms with Crippen LogP contribution < -0.4 is 4.90 Å². The van der Waals surface area contributed by atoms with Crippen LogP contribution in [0.2, 0.25) is 0 Å². The van der Waals surface area contributed by atoms with E-state index in [4.69, 9.17) is 0 Å². The first-order valence-corrected chi connectivity index (χ1v) is 7.37. The summed E-state index contributed by atoms with van der Waals surface area (Å²) in [6.07, 6.45) is 1.06. The minimum Gasteiger partial charge on any atom is -0.354 e. The quantitative estimate of drug-likeness (QED) is 0.858. The first kappa shape index (κ1) is 14.6. The van der Waals surface area contributed by atoms with Crippen molar-refractivity contribution in [1.82, 2.24) is 14.9 Å². The van der Waals surface area contributed by atoms with Gasteiger partial charge in [-0.2, -0.15) is 13.2 Å². The molecule has 1 saturated heterocycles. The maximum atomic E-state index is 12.4. The van der Waals surface area contributed by atoms with Crippen molar-refractivity contribution in [3.05, 3.63) is 18.1 Å². The zero-order chi connectivity index (χ0) is 14.9. The van der Waals surface area contributed by atoms with Gasteiger partial charge in [-0.05, 0) is 12.8 Å². The fourth-order valence-corrected chi connectivity index (χ4v) is 2.85. The Kier molecular flexibility index (Phi) is 4.01. The summed E-state index contributed by atoms with van der Waals surface area (Å²) in [5.74, 6) is 1.39. The van der Waals surface area contributed by atoms with Crippen LogP contribution >= 0.6 is 0 Å². The molecular formula is C14H19F3N4. The van der Waals surface area contributed by atoms with E-state index in [9.17, 15) is 13.2 Å². The van der Waals surface area contributed by atoms with E-state index in [2.05, 4.69) is 14.9 Å². The van der Waals surface area contributed by atoms with Crippen LogP contribution in [0.4, 0.5) is 19.0 Å². The van der Waals surface area contributed by atoms with Gasteiger partial charge in [0.05, 0.1) is 6.54 Å². The van der Waals surface area contributed by atoms with Gasteiger partial charge >= 0.3 is 6.18 Å². The van der Waals surface area contributed by atoms with Crippen LogP contribution in [0.3, 0.4) is 0 Å². The van der Waals surface area contributed by atoms with E-state index in [1.165, 1.54) is 24.2 Å². The highest BCUT2D eigenvalue weighted by molar-refractivity contribution is 5.40. The number of aromatic nitrogens is 2. The number of rotatable bonds is 3. The Morgan fingerprint density at radius 1 is 1.10 bits per heavy atom. The van der Waals surface area contributed by atoms with Crippen molar-refractivity contribution in [2.45, 2.75) is 31.4 Å². The molecule has 1 aromatic heterocycles. The number of nitrogens with zero attached hydrogens (tertiary/aromatic N) is 4. The molecule has 1 aromatic rings. The zero-order valence-corrected chi connectivity index (χ0v) is 11.8. The number of anilines is 1. The monoisotopic (exact) mass is 300 g/mol. The van der Waals surface area contributed by atoms with E-state index < -0.39 is 12.7 Å². The summed E-state index contributed by atoms with van der Waals surface area (Å²) in [7, 11) is 0. The van der Waals surface area contributed by atoms with Gasteiger partial charge in [0.15, 0.2) is 0 Å². The molecule has 1 aliphatic heterocycles. The summed E-state index contributed by atoms with van der Waals surface area (Å²) in [6.45, 7) is 1.18. The highest BCUT2D eigenvalue weighted by Gasteiger charge is 2.32. The predicted molar refractivity (Wildman–Crippen MR) is 73.3 cm³/mol. The Morgan fingerprint density at radius 3 is 2.38 bits per heavy atom. The van der Waals surface area contributed by atoms with E-state index in [1.807, 2.05) is 6.07 Å². The van der Waals surface area contributed by atoms with Gasteiger partial charge in [0.2, 0.25) is 0 Å². The second-order valence-corrected chi connectivity index (χ2v) is 5.81. The molecule has 0 amide bonds. The standard InChI is InChI=1S/C14H19F3N4/c15-14(16,17)9-20-4-6-21(7-5-20)13-8-12(18-10-19-13)11-2-1-3-11/h8,10-11H,1-7,9H2. The van der Waals surface area contributed by atoms with E-state index in [-0.39, 0.29) is 0 Å². The van der Waals surface area contributed by atoms with E-state index in [1.54, 1.807) is 6.33 Å². The minimum atomic E-state index is -4.12. The average Bonchev–Trinajstić information content (AvgIpc) is 2.36. The van der Waals surface area contributed by atoms with Crippen LogP contribution in [0.1, 0.15) is 30.9 Å². The molecule has 2 aliphatic rings. The Labute approximate surface area is 122 Å². The normalized spacial score (nSPS) is 21.4. The first-order valence-electron chi connectivity index (χ1n) is 7.37. The number of piperazine rings is 1. The molecule has 116 valence electrons. The lowest BCUT2D eigenvalue weighted by Crippen LogP contribution is -2.49. The smallest absolute Gasteiger partial charge is 0.354 e. The lowest BCUT2D eigenvalue weighted by Gasteiger charge is -2.36. The van der Waals surface area contributed by atoms with Gasteiger partial charge in [0.25, 0.3) is 0 Å². The van der Waals surface area contributed by atoms with Crippen molar-refractivity contribution >= 4 is 5.82 Å². The molecule has 7 heteroatoms. The summed E-state index contributed by atoms with van der Waals surface area (Å²) in [5, 5.41) is 0. The van der Waals surface area contributed by atoms with Crippen LogP contribution in [0.5, 0.6) is 0 Å². The molecule has 3 rings (SSSR count). The molecule has 4 nitrogen and oxygen atoms in total. The predicted octanol–water partition coefficient (Wildman–Crippen LogP) is 2.43. The fraction of sp³-hybridized carbons (Fsp3) is 0.714. The Morgan fingerprint density at radius 2 is 1.81 bits per heavy atom. The van der Waals surface area contributed by atoms with Crippen molar-refractivity contribution in [3.8, 4) is 0 Å². The van der Waals surface area contributed by atoms with Crippen molar-refractivity contribution in [2.24, 2.45) is 0 Å². The summed E-state index contributed by atoms with van der Waals surface area (Å²) in [6, 6.07) is 2.00. The zero-order valence-electron chi connectivity index (χ0n) is 11.8. The van der Waals surface area contributed by atoms with Crippen LogP contribution in [0.25, 0.3) is 0 Å². The maximum Gasteiger partial charge on any atom is 0.401 e. The van der Waals surface area contributed by atoms with Gasteiger partial charge in [-0.15, -0.1) is 0 Å². The molecule has 0 aromatic carbocycles. The number of alkyl halides is 3. The molecule has 21 heavy (non-hydrogen) atoms. The first-order chi connectivity index (χ1) is 10.0. The van der Waals surface area contributed by atoms with Crippen molar-refractivity contribution in [1.29, 1.82) is 0 Å². The van der Waals surface area contributed by atoms with Gasteiger partial charge < -0.3 is 4.90 Å². The molecule has 0 atom stereocenters. The highest BCUT2D eigenvalue weighted by atomic mass is 19.4. The maximum absolute atomic E-state index is 12.4. The Balaban J connectivity index is 1.59. The van der Waals surface area contributed by atoms with Gasteiger partial charge in [0, 0.05) is 43.9 Å². The second-order valence-electron chi connectivity index (χ2n) is 5.81. The topological polar surface area (TPSA) is 32.3 Å². The van der Waals surface area contributed by atoms with Crippen LogP contribution in [-0.2, 0) is 0 Å². The van der Waals surface area contributed by atoms with Gasteiger partial charge in [-0.3, -0.25) is 4.90 Å². The van der Waals surface area contributed by atoms with Crippen molar-refractivity contribution in [3.63, 3.8) is 0 Å². The lowest BCUT2D eigenvalue weighted by molar-refractivity contribution is -0.146. The fourth-order valence-electron chi connectivity index (χ4n) is 2.85. The summed E-state index contributed by atoms with van der Waals surface area (Å²) in [4.78, 5) is 12.1. The van der Waals surface area contributed by atoms with Crippen LogP contribution in [-0.4, -0.2) is 53.8 Å². The molecule has 2 heterocycles.